The molecule has 0 fully saturated rings. The zero-order valence-electron chi connectivity index (χ0n) is 44.5. The largest absolute Gasteiger partial charge is 0.756 e. The molecular weight excluding hydrogens is 870 g/mol. The maximum atomic E-state index is 12.7. The maximum Gasteiger partial charge on any atom is 0.306 e. The van der Waals surface area contributed by atoms with Crippen molar-refractivity contribution < 1.29 is 42.1 Å². The first-order valence-electron chi connectivity index (χ1n) is 27.6. The molecule has 0 aliphatic carbocycles. The van der Waals surface area contributed by atoms with Crippen LogP contribution in [0, 0.1) is 0 Å². The van der Waals surface area contributed by atoms with Gasteiger partial charge in [-0.25, -0.2) is 0 Å². The molecule has 68 heavy (non-hydrogen) atoms. The Kier molecular flexibility index (Phi) is 47.6. The molecule has 394 valence electrons. The van der Waals surface area contributed by atoms with Crippen molar-refractivity contribution >= 4 is 19.8 Å². The standard InChI is InChI=1S/C58H104NO8P/c1-6-8-10-12-14-16-18-20-22-24-26-28-29-31-33-35-37-39-41-43-45-47-49-51-58(61)67-56(55-66-68(62,63)65-53-52-59(3,4)5)54-64-57(60)50-48-46-44-42-40-38-36-34-32-30-27-25-23-21-19-17-15-13-11-9-7-2/h23,25,30,32,35-38,42-45,56H,6-22,24,26-29,31,33-34,39-41,46-55H2,1-5H3/b25-23+,32-30+,37-35+,38-36+,44-42+,45-43+/t56-/m1/s1. The zero-order chi connectivity index (χ0) is 49.9. The second-order valence-electron chi connectivity index (χ2n) is 19.6. The Hall–Kier alpha value is -2.55. The smallest absolute Gasteiger partial charge is 0.306 e. The van der Waals surface area contributed by atoms with Crippen LogP contribution in [-0.4, -0.2) is 70.0 Å². The van der Waals surface area contributed by atoms with E-state index in [4.69, 9.17) is 18.5 Å². The minimum Gasteiger partial charge on any atom is -0.756 e. The third-order valence-electron chi connectivity index (χ3n) is 11.7. The highest BCUT2D eigenvalue weighted by atomic mass is 31.2. The van der Waals surface area contributed by atoms with Crippen LogP contribution >= 0.6 is 7.82 Å². The Labute approximate surface area is 418 Å². The molecule has 0 aromatic heterocycles. The van der Waals surface area contributed by atoms with Gasteiger partial charge in [0.1, 0.15) is 19.8 Å². The number of esters is 2. The molecule has 0 aromatic rings. The van der Waals surface area contributed by atoms with E-state index in [1.807, 2.05) is 21.1 Å². The number of phosphoric acid groups is 1. The van der Waals surface area contributed by atoms with Gasteiger partial charge in [0.2, 0.25) is 0 Å². The number of hydrogen-bond donors (Lipinski definition) is 0. The maximum absolute atomic E-state index is 12.7. The Morgan fingerprint density at radius 3 is 1.24 bits per heavy atom. The van der Waals surface area contributed by atoms with Gasteiger partial charge < -0.3 is 27.9 Å². The summed E-state index contributed by atoms with van der Waals surface area (Å²) in [5.41, 5.74) is 0. The minimum atomic E-state index is -4.66. The Morgan fingerprint density at radius 1 is 0.456 bits per heavy atom. The highest BCUT2D eigenvalue weighted by Crippen LogP contribution is 2.38. The van der Waals surface area contributed by atoms with Gasteiger partial charge in [-0.1, -0.05) is 209 Å². The van der Waals surface area contributed by atoms with Crippen LogP contribution in [0.2, 0.25) is 0 Å². The molecule has 9 nitrogen and oxygen atoms in total. The third kappa shape index (κ3) is 52.8. The number of nitrogens with zero attached hydrogens (tertiary/aromatic N) is 1. The number of phosphoric ester groups is 1. The van der Waals surface area contributed by atoms with Gasteiger partial charge in [0, 0.05) is 12.8 Å². The molecule has 0 aromatic carbocycles. The van der Waals surface area contributed by atoms with Gasteiger partial charge in [-0.05, 0) is 83.5 Å². The van der Waals surface area contributed by atoms with E-state index >= 15 is 0 Å². The lowest BCUT2D eigenvalue weighted by molar-refractivity contribution is -0.870. The van der Waals surface area contributed by atoms with Crippen LogP contribution in [0.25, 0.3) is 0 Å². The van der Waals surface area contributed by atoms with Gasteiger partial charge in [0.05, 0.1) is 27.7 Å². The van der Waals surface area contributed by atoms with Gasteiger partial charge in [0.25, 0.3) is 7.82 Å². The quantitative estimate of drug-likeness (QED) is 0.0195. The van der Waals surface area contributed by atoms with Crippen LogP contribution < -0.4 is 4.89 Å². The number of quaternary nitrogens is 1. The first-order chi connectivity index (χ1) is 33.0. The summed E-state index contributed by atoms with van der Waals surface area (Å²) in [4.78, 5) is 37.7. The second-order valence-corrected chi connectivity index (χ2v) is 21.0. The van der Waals surface area contributed by atoms with Crippen LogP contribution in [0.1, 0.15) is 232 Å². The molecule has 1 unspecified atom stereocenters. The van der Waals surface area contributed by atoms with E-state index in [9.17, 15) is 19.0 Å². The molecule has 0 bridgehead atoms. The average Bonchev–Trinajstić information content (AvgIpc) is 3.30. The average molecular weight is 974 g/mol. The molecule has 0 spiro atoms. The predicted molar refractivity (Wildman–Crippen MR) is 286 cm³/mol. The lowest BCUT2D eigenvalue weighted by atomic mass is 10.0. The van der Waals surface area contributed by atoms with Gasteiger partial charge in [-0.2, -0.15) is 0 Å². The van der Waals surface area contributed by atoms with Crippen LogP contribution in [0.4, 0.5) is 0 Å². The normalized spacial score (nSPS) is 13.9. The molecule has 2 atom stereocenters. The fraction of sp³-hybridized carbons (Fsp3) is 0.759. The molecule has 0 N–H and O–H groups in total. The summed E-state index contributed by atoms with van der Waals surface area (Å²) in [7, 11) is 1.11. The summed E-state index contributed by atoms with van der Waals surface area (Å²) in [6.07, 6.45) is 64.0. The number of unbranched alkanes of at least 4 members (excludes halogenated alkanes) is 24. The van der Waals surface area contributed by atoms with E-state index < -0.39 is 32.5 Å². The van der Waals surface area contributed by atoms with Crippen LogP contribution in [0.5, 0.6) is 0 Å². The van der Waals surface area contributed by atoms with E-state index in [1.165, 1.54) is 141 Å². The van der Waals surface area contributed by atoms with Gasteiger partial charge in [-0.3, -0.25) is 14.2 Å². The van der Waals surface area contributed by atoms with Crippen molar-refractivity contribution in [2.75, 3.05) is 47.5 Å². The van der Waals surface area contributed by atoms with E-state index in [0.717, 1.165) is 51.4 Å². The topological polar surface area (TPSA) is 111 Å². The fourth-order valence-corrected chi connectivity index (χ4v) is 8.10. The van der Waals surface area contributed by atoms with Crippen LogP contribution in [-0.2, 0) is 32.7 Å². The van der Waals surface area contributed by atoms with E-state index in [0.29, 0.717) is 23.9 Å². The van der Waals surface area contributed by atoms with Crippen molar-refractivity contribution in [1.29, 1.82) is 0 Å². The Morgan fingerprint density at radius 2 is 0.809 bits per heavy atom. The van der Waals surface area contributed by atoms with Crippen molar-refractivity contribution in [2.24, 2.45) is 0 Å². The molecule has 0 aliphatic rings. The van der Waals surface area contributed by atoms with Gasteiger partial charge in [-0.15, -0.1) is 0 Å². The number of carbonyl (C=O) groups excluding carboxylic acids is 2. The van der Waals surface area contributed by atoms with Crippen molar-refractivity contribution in [2.45, 2.75) is 238 Å². The summed E-state index contributed by atoms with van der Waals surface area (Å²) in [5.74, 6) is -0.948. The fourth-order valence-electron chi connectivity index (χ4n) is 7.37. The lowest BCUT2D eigenvalue weighted by Gasteiger charge is -2.28. The molecule has 0 saturated carbocycles. The molecular formula is C58H104NO8P. The van der Waals surface area contributed by atoms with Crippen molar-refractivity contribution in [3.63, 3.8) is 0 Å². The SMILES string of the molecule is CCCCCCCCC/C=C/C/C=C/C/C=C/C/C=C/CCCC(=O)OC[C@H](COP(=O)([O-])OCC[N+](C)(C)C)OC(=O)CCC/C=C/CC/C=C/CCCCCCCCCCCCCCCC. The van der Waals surface area contributed by atoms with Crippen molar-refractivity contribution in [1.82, 2.24) is 0 Å². The Bertz CT molecular complexity index is 1380. The highest BCUT2D eigenvalue weighted by Gasteiger charge is 2.21. The molecule has 10 heteroatoms. The molecule has 0 saturated heterocycles. The predicted octanol–water partition coefficient (Wildman–Crippen LogP) is 16.3. The summed E-state index contributed by atoms with van der Waals surface area (Å²) >= 11 is 0. The number of hydrogen-bond acceptors (Lipinski definition) is 8. The number of ether oxygens (including phenoxy) is 2. The van der Waals surface area contributed by atoms with Gasteiger partial charge >= 0.3 is 11.9 Å². The first-order valence-corrected chi connectivity index (χ1v) is 29.1. The second kappa shape index (κ2) is 49.4. The van der Waals surface area contributed by atoms with Crippen molar-refractivity contribution in [3.05, 3.63) is 72.9 Å². The number of likely N-dealkylation sites (N-methyl/N-ethyl adjacent to an activating group) is 1. The monoisotopic (exact) mass is 974 g/mol. The van der Waals surface area contributed by atoms with Crippen LogP contribution in [0.3, 0.4) is 0 Å². The summed E-state index contributed by atoms with van der Waals surface area (Å²) in [6.45, 7) is 4.14. The van der Waals surface area contributed by atoms with E-state index in [2.05, 4.69) is 86.8 Å². The first kappa shape index (κ1) is 65.5. The number of carbonyl (C=O) groups is 2. The van der Waals surface area contributed by atoms with Crippen molar-refractivity contribution in [3.8, 4) is 0 Å². The van der Waals surface area contributed by atoms with E-state index in [-0.39, 0.29) is 26.1 Å². The van der Waals surface area contributed by atoms with Gasteiger partial charge in [0.15, 0.2) is 6.10 Å². The molecule has 0 amide bonds. The molecule has 0 aliphatic heterocycles. The lowest BCUT2D eigenvalue weighted by Crippen LogP contribution is -2.37. The zero-order valence-corrected chi connectivity index (χ0v) is 45.4. The van der Waals surface area contributed by atoms with Crippen LogP contribution in [0.15, 0.2) is 72.9 Å². The van der Waals surface area contributed by atoms with E-state index in [1.54, 1.807) is 0 Å². The summed E-state index contributed by atoms with van der Waals surface area (Å²) < 4.78 is 34.0. The molecule has 0 radical (unpaired) electrons. The molecule has 0 rings (SSSR count). The summed E-state index contributed by atoms with van der Waals surface area (Å²) in [5, 5.41) is 0. The highest BCUT2D eigenvalue weighted by molar-refractivity contribution is 7.45. The number of allylic oxidation sites excluding steroid dienone is 12. The minimum absolute atomic E-state index is 0.0490. The Balaban J connectivity index is 4.36. The molecule has 0 heterocycles. The summed E-state index contributed by atoms with van der Waals surface area (Å²) in [6, 6.07) is 0. The third-order valence-corrected chi connectivity index (χ3v) is 12.6. The number of rotatable bonds is 50.